The van der Waals surface area contributed by atoms with Gasteiger partial charge in [-0.05, 0) is 77.7 Å². The Morgan fingerprint density at radius 1 is 1.12 bits per heavy atom. The normalized spacial score (nSPS) is 17.6. The van der Waals surface area contributed by atoms with Crippen molar-refractivity contribution in [3.8, 4) is 0 Å². The average molecular weight is 471 g/mol. The van der Waals surface area contributed by atoms with E-state index in [1.807, 2.05) is 27.7 Å². The van der Waals surface area contributed by atoms with Gasteiger partial charge in [-0.3, -0.25) is 0 Å². The van der Waals surface area contributed by atoms with Crippen molar-refractivity contribution in [3.05, 3.63) is 51.3 Å². The second-order valence-corrected chi connectivity index (χ2v) is 10.2. The van der Waals surface area contributed by atoms with Crippen LogP contribution in [0.5, 0.6) is 0 Å². The zero-order valence-electron chi connectivity index (χ0n) is 20.5. The van der Waals surface area contributed by atoms with Crippen LogP contribution in [0.2, 0.25) is 0 Å². The van der Waals surface area contributed by atoms with Crippen LogP contribution in [0.4, 0.5) is 4.79 Å². The van der Waals surface area contributed by atoms with Gasteiger partial charge in [0.05, 0.1) is 11.2 Å². The van der Waals surface area contributed by atoms with Crippen molar-refractivity contribution < 1.29 is 33.2 Å². The summed E-state index contributed by atoms with van der Waals surface area (Å²) in [6.07, 6.45) is 1.20. The molecule has 1 fully saturated rings. The molecular weight excluding hydrogens is 441 g/mol. The second kappa shape index (κ2) is 8.92. The van der Waals surface area contributed by atoms with Crippen molar-refractivity contribution in [1.82, 2.24) is 5.32 Å². The molecule has 1 amide bonds. The van der Waals surface area contributed by atoms with E-state index in [0.29, 0.717) is 16.4 Å². The third kappa shape index (κ3) is 5.68. The number of carbonyl (C=O) groups is 2. The van der Waals surface area contributed by atoms with Crippen LogP contribution in [0.1, 0.15) is 64.4 Å². The maximum Gasteiger partial charge on any atom is 0.492 e. The highest BCUT2D eigenvalue weighted by Crippen LogP contribution is 2.38. The summed E-state index contributed by atoms with van der Waals surface area (Å²) in [4.78, 5) is 35.4. The molecule has 9 nitrogen and oxygen atoms in total. The fraction of sp³-hybridized carbons (Fsp3) is 0.458. The fourth-order valence-corrected chi connectivity index (χ4v) is 3.28. The Kier molecular flexibility index (Phi) is 6.70. The number of hydrogen-bond donors (Lipinski definition) is 2. The Labute approximate surface area is 198 Å². The second-order valence-electron chi connectivity index (χ2n) is 10.2. The third-order valence-corrected chi connectivity index (χ3v) is 5.73. The minimum Gasteiger partial charge on any atom is -0.477 e. The van der Waals surface area contributed by atoms with Gasteiger partial charge < -0.3 is 28.9 Å². The molecule has 1 saturated heterocycles. The van der Waals surface area contributed by atoms with Crippen LogP contribution in [-0.2, 0) is 14.0 Å². The van der Waals surface area contributed by atoms with E-state index in [9.17, 15) is 19.5 Å². The van der Waals surface area contributed by atoms with E-state index in [4.69, 9.17) is 18.5 Å². The summed E-state index contributed by atoms with van der Waals surface area (Å²) in [7, 11) is -0.737. The van der Waals surface area contributed by atoms with Crippen LogP contribution in [0.15, 0.2) is 38.9 Å². The first kappa shape index (κ1) is 25.5. The lowest BCUT2D eigenvalue weighted by atomic mass is 9.77. The van der Waals surface area contributed by atoms with Crippen molar-refractivity contribution >= 4 is 36.2 Å². The van der Waals surface area contributed by atoms with Crippen LogP contribution < -0.4 is 10.9 Å². The Hall–Kier alpha value is -3.11. The molecule has 2 N–H and O–H groups in total. The molecule has 1 aliphatic heterocycles. The number of carboxylic acids is 1. The topological polar surface area (TPSA) is 124 Å². The van der Waals surface area contributed by atoms with Gasteiger partial charge in [0.1, 0.15) is 16.7 Å². The van der Waals surface area contributed by atoms with Gasteiger partial charge >= 0.3 is 24.8 Å². The lowest BCUT2D eigenvalue weighted by Crippen LogP contribution is -2.41. The predicted molar refractivity (Wildman–Crippen MR) is 128 cm³/mol. The van der Waals surface area contributed by atoms with Gasteiger partial charge in [0.15, 0.2) is 0 Å². The molecular formula is C24H30BNO8. The number of benzene rings is 1. The largest absolute Gasteiger partial charge is 0.492 e. The van der Waals surface area contributed by atoms with Gasteiger partial charge in [-0.2, -0.15) is 0 Å². The van der Waals surface area contributed by atoms with Crippen molar-refractivity contribution in [1.29, 1.82) is 0 Å². The van der Waals surface area contributed by atoms with Crippen LogP contribution >= 0.6 is 0 Å². The van der Waals surface area contributed by atoms with Gasteiger partial charge in [-0.1, -0.05) is 12.1 Å². The highest BCUT2D eigenvalue weighted by atomic mass is 16.7. The summed E-state index contributed by atoms with van der Waals surface area (Å²) in [6, 6.07) is 6.25. The summed E-state index contributed by atoms with van der Waals surface area (Å²) in [5.41, 5.74) is -1.64. The molecule has 0 atom stereocenters. The summed E-state index contributed by atoms with van der Waals surface area (Å²) in [6.45, 7) is 13.1. The number of ether oxygens (including phenoxy) is 1. The maximum absolute atomic E-state index is 12.3. The Morgan fingerprint density at radius 2 is 1.74 bits per heavy atom. The summed E-state index contributed by atoms with van der Waals surface area (Å²) >= 11 is 0. The monoisotopic (exact) mass is 471 g/mol. The highest BCUT2D eigenvalue weighted by molar-refractivity contribution is 6.56. The molecule has 1 aliphatic rings. The van der Waals surface area contributed by atoms with E-state index in [0.717, 1.165) is 0 Å². The number of aromatic carboxylic acids is 1. The summed E-state index contributed by atoms with van der Waals surface area (Å²) in [5.74, 6) is -1.36. The lowest BCUT2D eigenvalue weighted by molar-refractivity contribution is 0.00578. The fourth-order valence-electron chi connectivity index (χ4n) is 3.28. The molecule has 10 heteroatoms. The van der Waals surface area contributed by atoms with Crippen molar-refractivity contribution in [2.75, 3.05) is 6.54 Å². The molecule has 0 spiro atoms. The predicted octanol–water partition coefficient (Wildman–Crippen LogP) is 4.03. The van der Waals surface area contributed by atoms with Gasteiger partial charge in [0.25, 0.3) is 0 Å². The molecule has 2 heterocycles. The van der Waals surface area contributed by atoms with E-state index in [2.05, 4.69) is 5.32 Å². The van der Waals surface area contributed by atoms with E-state index in [-0.39, 0.29) is 12.1 Å². The minimum atomic E-state index is -1.36. The molecule has 34 heavy (non-hydrogen) atoms. The first-order chi connectivity index (χ1) is 15.6. The number of carbonyl (C=O) groups excluding carboxylic acids is 1. The summed E-state index contributed by atoms with van der Waals surface area (Å²) in [5, 5.41) is 12.4. The van der Waals surface area contributed by atoms with Gasteiger partial charge in [0, 0.05) is 11.9 Å². The number of hydrogen-bond acceptors (Lipinski definition) is 7. The van der Waals surface area contributed by atoms with E-state index < -0.39 is 47.2 Å². The molecule has 1 aromatic carbocycles. The molecule has 182 valence electrons. The maximum atomic E-state index is 12.3. The van der Waals surface area contributed by atoms with Crippen LogP contribution in [-0.4, -0.2) is 47.6 Å². The molecule has 0 aliphatic carbocycles. The molecule has 1 aromatic heterocycles. The van der Waals surface area contributed by atoms with Gasteiger partial charge in [0.2, 0.25) is 0 Å². The highest BCUT2D eigenvalue weighted by Gasteiger charge is 2.52. The van der Waals surface area contributed by atoms with E-state index in [1.165, 1.54) is 6.07 Å². The first-order valence-corrected chi connectivity index (χ1v) is 10.9. The number of nitrogens with one attached hydrogen (secondary N) is 1. The van der Waals surface area contributed by atoms with E-state index >= 15 is 0 Å². The number of fused-ring (bicyclic) bond motifs is 1. The molecule has 2 aromatic rings. The SMILES string of the molecule is CC(C)(C)OC(=O)NCC(=Cc1ccc2oc(=O)c(C(=O)O)cc2c1)B1OC(C)(C)C(C)(C)O1. The van der Waals surface area contributed by atoms with Crippen LogP contribution in [0.3, 0.4) is 0 Å². The Morgan fingerprint density at radius 3 is 2.29 bits per heavy atom. The number of amides is 1. The first-order valence-electron chi connectivity index (χ1n) is 10.9. The number of carboxylic acid groups (broad SMARTS) is 1. The van der Waals surface area contributed by atoms with Gasteiger partial charge in [-0.25, -0.2) is 14.4 Å². The van der Waals surface area contributed by atoms with Crippen LogP contribution in [0.25, 0.3) is 17.0 Å². The average Bonchev–Trinajstić information content (AvgIpc) is 2.90. The number of rotatable bonds is 5. The van der Waals surface area contributed by atoms with E-state index in [1.54, 1.807) is 45.0 Å². The summed E-state index contributed by atoms with van der Waals surface area (Å²) < 4.78 is 22.8. The zero-order valence-corrected chi connectivity index (χ0v) is 20.5. The van der Waals surface area contributed by atoms with Crippen molar-refractivity contribution in [3.63, 3.8) is 0 Å². The molecule has 3 rings (SSSR count). The quantitative estimate of drug-likeness (QED) is 0.495. The molecule has 0 bridgehead atoms. The molecule has 0 saturated carbocycles. The number of alkyl carbamates (subject to hydrolysis) is 1. The van der Waals surface area contributed by atoms with Crippen LogP contribution in [0, 0.1) is 0 Å². The molecule has 0 unspecified atom stereocenters. The van der Waals surface area contributed by atoms with Gasteiger partial charge in [-0.15, -0.1) is 0 Å². The smallest absolute Gasteiger partial charge is 0.477 e. The third-order valence-electron chi connectivity index (χ3n) is 5.73. The molecule has 0 radical (unpaired) electrons. The van der Waals surface area contributed by atoms with Crippen molar-refractivity contribution in [2.45, 2.75) is 65.3 Å². The zero-order chi connectivity index (χ0) is 25.5. The Bertz CT molecular complexity index is 1190. The minimum absolute atomic E-state index is 0.0913. The van der Waals surface area contributed by atoms with Crippen molar-refractivity contribution in [2.24, 2.45) is 0 Å². The lowest BCUT2D eigenvalue weighted by Gasteiger charge is -2.32. The Balaban J connectivity index is 1.98. The standard InChI is InChI=1S/C24H30BNO8/c1-22(2,3)32-21(30)26-13-16(25-33-23(4,5)24(6,7)34-25)11-14-8-9-18-15(10-14)12-17(19(27)28)20(29)31-18/h8-12H,13H2,1-7H3,(H,26,30)(H,27,28).